The third-order valence-corrected chi connectivity index (χ3v) is 8.28. The van der Waals surface area contributed by atoms with Crippen molar-refractivity contribution in [3.05, 3.63) is 47.4 Å². The molecule has 0 amide bonds. The Kier molecular flexibility index (Phi) is 4.51. The number of hydrogen-bond acceptors (Lipinski definition) is 0. The van der Waals surface area contributed by atoms with Gasteiger partial charge in [-0.25, -0.2) is 0 Å². The SMILES string of the molecule is [2H]C([2H])(c1cc(-c2ccc(F)cc2C)[n+](C)c[c]1[Ge]([CH3])([CH3])[CH3])C(C)(C)C. The standard InChI is InChI=1S/C21H31FGeN/c1-15-11-17(22)9-10-18(15)20-12-16(13-21(2,3)4)19(14-24(20)8)23(5,6)7/h9-12,14H,13H2,1-8H3/q+1/i13D2. The first kappa shape index (κ1) is 16.3. The second-order valence-electron chi connectivity index (χ2n) is 8.68. The molecule has 0 unspecified atom stereocenters. The van der Waals surface area contributed by atoms with E-state index in [9.17, 15) is 4.39 Å². The number of benzene rings is 1. The molecule has 0 saturated carbocycles. The van der Waals surface area contributed by atoms with Crippen LogP contribution in [-0.4, -0.2) is 13.3 Å². The fourth-order valence-electron chi connectivity index (χ4n) is 2.94. The molecule has 0 fully saturated rings. The summed E-state index contributed by atoms with van der Waals surface area (Å²) in [6.45, 7) is 7.73. The Balaban J connectivity index is 2.85. The van der Waals surface area contributed by atoms with Crippen LogP contribution in [0.1, 0.15) is 34.6 Å². The molecule has 1 aromatic heterocycles. The average molecular weight is 391 g/mol. The van der Waals surface area contributed by atoms with Gasteiger partial charge in [0.05, 0.1) is 0 Å². The van der Waals surface area contributed by atoms with Gasteiger partial charge in [0, 0.05) is 0 Å². The normalized spacial score (nSPS) is 14.4. The van der Waals surface area contributed by atoms with Gasteiger partial charge in [0.2, 0.25) is 0 Å². The van der Waals surface area contributed by atoms with E-state index in [-0.39, 0.29) is 5.82 Å². The molecule has 0 N–H and O–H groups in total. The van der Waals surface area contributed by atoms with Gasteiger partial charge in [-0.3, -0.25) is 0 Å². The number of aryl methyl sites for hydroxylation is 2. The first-order valence-electron chi connectivity index (χ1n) is 9.47. The van der Waals surface area contributed by atoms with Crippen LogP contribution in [0, 0.1) is 18.2 Å². The summed E-state index contributed by atoms with van der Waals surface area (Å²) in [5, 5.41) is 0. The van der Waals surface area contributed by atoms with E-state index in [2.05, 4.69) is 28.0 Å². The van der Waals surface area contributed by atoms with E-state index in [1.807, 2.05) is 40.8 Å². The Morgan fingerprint density at radius 1 is 1.17 bits per heavy atom. The molecule has 1 heterocycles. The summed E-state index contributed by atoms with van der Waals surface area (Å²) in [4.78, 5) is 0. The number of aromatic nitrogens is 1. The zero-order chi connectivity index (χ0) is 20.1. The molecule has 3 heteroatoms. The van der Waals surface area contributed by atoms with E-state index in [1.165, 1.54) is 16.5 Å². The van der Waals surface area contributed by atoms with Crippen molar-refractivity contribution in [1.82, 2.24) is 0 Å². The van der Waals surface area contributed by atoms with Gasteiger partial charge in [-0.1, -0.05) is 0 Å². The molecule has 0 spiro atoms. The maximum atomic E-state index is 13.5. The van der Waals surface area contributed by atoms with Gasteiger partial charge in [-0.05, 0) is 0 Å². The molecule has 130 valence electrons. The maximum absolute atomic E-state index is 13.5. The van der Waals surface area contributed by atoms with E-state index in [1.54, 1.807) is 6.07 Å². The first-order valence-corrected chi connectivity index (χ1v) is 15.8. The summed E-state index contributed by atoms with van der Waals surface area (Å²) in [5.74, 6) is 6.63. The van der Waals surface area contributed by atoms with Crippen molar-refractivity contribution in [3.8, 4) is 11.3 Å². The Hall–Kier alpha value is -1.16. The quantitative estimate of drug-likeness (QED) is 0.525. The first-order chi connectivity index (χ1) is 11.7. The topological polar surface area (TPSA) is 3.88 Å². The van der Waals surface area contributed by atoms with Crippen molar-refractivity contribution in [1.29, 1.82) is 0 Å². The van der Waals surface area contributed by atoms with Crippen LogP contribution in [0.2, 0.25) is 17.3 Å². The molecular weight excluding hydrogens is 358 g/mol. The van der Waals surface area contributed by atoms with Crippen molar-refractivity contribution in [2.45, 2.75) is 51.3 Å². The summed E-state index contributed by atoms with van der Waals surface area (Å²) >= 11 is -2.32. The third-order valence-electron chi connectivity index (χ3n) is 4.06. The van der Waals surface area contributed by atoms with Crippen molar-refractivity contribution in [2.75, 3.05) is 0 Å². The van der Waals surface area contributed by atoms with Crippen LogP contribution in [0.3, 0.4) is 0 Å². The summed E-state index contributed by atoms with van der Waals surface area (Å²) in [6, 6.07) is 6.78. The zero-order valence-corrected chi connectivity index (χ0v) is 18.3. The van der Waals surface area contributed by atoms with Crippen molar-refractivity contribution in [3.63, 3.8) is 0 Å². The summed E-state index contributed by atoms with van der Waals surface area (Å²) in [5.41, 5.74) is 2.97. The van der Waals surface area contributed by atoms with Crippen LogP contribution in [-0.2, 0) is 13.4 Å². The van der Waals surface area contributed by atoms with Gasteiger partial charge in [0.1, 0.15) is 0 Å². The Morgan fingerprint density at radius 3 is 2.29 bits per heavy atom. The second-order valence-corrected chi connectivity index (χ2v) is 19.3. The Labute approximate surface area is 152 Å². The van der Waals surface area contributed by atoms with Crippen LogP contribution in [0.4, 0.5) is 4.39 Å². The fourth-order valence-corrected chi connectivity index (χ4v) is 6.13. The number of nitrogens with zero attached hydrogens (tertiary/aromatic N) is 1. The predicted octanol–water partition coefficient (Wildman–Crippen LogP) is 4.76. The van der Waals surface area contributed by atoms with Crippen molar-refractivity contribution < 1.29 is 11.7 Å². The average Bonchev–Trinajstić information content (AvgIpc) is 2.45. The molecule has 1 aromatic carbocycles. The van der Waals surface area contributed by atoms with Gasteiger partial charge in [-0.2, -0.15) is 0 Å². The molecule has 0 aliphatic heterocycles. The third kappa shape index (κ3) is 4.47. The predicted molar refractivity (Wildman–Crippen MR) is 104 cm³/mol. The molecule has 0 bridgehead atoms. The second kappa shape index (κ2) is 6.63. The molecule has 0 aliphatic carbocycles. The summed E-state index contributed by atoms with van der Waals surface area (Å²) in [6.07, 6.45) is 0.648. The molecule has 0 radical (unpaired) electrons. The molecular formula is C21H31FGeN+. The van der Waals surface area contributed by atoms with Crippen LogP contribution >= 0.6 is 0 Å². The van der Waals surface area contributed by atoms with Crippen LogP contribution in [0.5, 0.6) is 0 Å². The zero-order valence-electron chi connectivity index (χ0n) is 18.2. The minimum absolute atomic E-state index is 0.250. The number of pyridine rings is 1. The molecule has 1 nitrogen and oxygen atoms in total. The molecule has 0 saturated heterocycles. The summed E-state index contributed by atoms with van der Waals surface area (Å²) < 4.78 is 34.6. The monoisotopic (exact) mass is 392 g/mol. The van der Waals surface area contributed by atoms with Crippen LogP contribution < -0.4 is 8.96 Å². The van der Waals surface area contributed by atoms with Gasteiger partial charge >= 0.3 is 152 Å². The molecule has 0 atom stereocenters. The van der Waals surface area contributed by atoms with Crippen molar-refractivity contribution in [2.24, 2.45) is 12.5 Å². The van der Waals surface area contributed by atoms with E-state index in [0.717, 1.165) is 22.4 Å². The van der Waals surface area contributed by atoms with E-state index in [4.69, 9.17) is 2.74 Å². The van der Waals surface area contributed by atoms with Crippen LogP contribution in [0.15, 0.2) is 30.5 Å². The van der Waals surface area contributed by atoms with Crippen molar-refractivity contribution >= 4 is 17.7 Å². The van der Waals surface area contributed by atoms with Gasteiger partial charge < -0.3 is 0 Å². The Bertz CT molecular complexity index is 833. The molecule has 0 aliphatic rings. The number of halogens is 1. The molecule has 2 rings (SSSR count). The van der Waals surface area contributed by atoms with E-state index in [0.29, 0.717) is 0 Å². The van der Waals surface area contributed by atoms with Gasteiger partial charge in [-0.15, -0.1) is 0 Å². The van der Waals surface area contributed by atoms with Gasteiger partial charge in [0.15, 0.2) is 0 Å². The molecule has 24 heavy (non-hydrogen) atoms. The van der Waals surface area contributed by atoms with E-state index >= 15 is 0 Å². The number of hydrogen-bond donors (Lipinski definition) is 0. The summed E-state index contributed by atoms with van der Waals surface area (Å²) in [7, 11) is 1.99. The number of rotatable bonds is 3. The van der Waals surface area contributed by atoms with Gasteiger partial charge in [0.25, 0.3) is 0 Å². The Morgan fingerprint density at radius 2 is 1.79 bits per heavy atom. The van der Waals surface area contributed by atoms with Crippen LogP contribution in [0.25, 0.3) is 11.3 Å². The molecule has 2 aromatic rings. The minimum atomic E-state index is -2.32. The fraction of sp³-hybridized carbons (Fsp3) is 0.476. The van der Waals surface area contributed by atoms with E-state index < -0.39 is 25.1 Å².